The molecule has 0 atom stereocenters. The Bertz CT molecular complexity index is 833. The molecule has 0 bridgehead atoms. The largest absolute Gasteiger partial charge is 0.239 e. The van der Waals surface area contributed by atoms with E-state index in [2.05, 4.69) is 21.0 Å². The van der Waals surface area contributed by atoms with Crippen molar-refractivity contribution in [3.05, 3.63) is 59.7 Å². The number of nitriles is 1. The van der Waals surface area contributed by atoms with Crippen LogP contribution in [-0.2, 0) is 5.33 Å². The molecular formula is C15H9BrFN3. The highest BCUT2D eigenvalue weighted by Crippen LogP contribution is 2.30. The first-order valence-corrected chi connectivity index (χ1v) is 7.09. The molecule has 3 rings (SSSR count). The van der Waals surface area contributed by atoms with Gasteiger partial charge in [0.2, 0.25) is 0 Å². The van der Waals surface area contributed by atoms with Crippen LogP contribution in [0.2, 0.25) is 0 Å². The minimum absolute atomic E-state index is 0.224. The summed E-state index contributed by atoms with van der Waals surface area (Å²) in [7, 11) is 0. The predicted molar refractivity (Wildman–Crippen MR) is 77.9 cm³/mol. The topological polar surface area (TPSA) is 41.1 Å². The number of pyridine rings is 1. The van der Waals surface area contributed by atoms with Crippen LogP contribution in [0.5, 0.6) is 0 Å². The van der Waals surface area contributed by atoms with Crippen LogP contribution in [0.3, 0.4) is 0 Å². The molecule has 0 aliphatic heterocycles. The average molecular weight is 330 g/mol. The van der Waals surface area contributed by atoms with E-state index in [0.717, 1.165) is 11.1 Å². The molecule has 98 valence electrons. The van der Waals surface area contributed by atoms with Crippen molar-refractivity contribution in [3.63, 3.8) is 0 Å². The Balaban J connectivity index is 2.35. The lowest BCUT2D eigenvalue weighted by Gasteiger charge is -2.02. The van der Waals surface area contributed by atoms with Crippen molar-refractivity contribution >= 4 is 21.4 Å². The second kappa shape index (κ2) is 5.06. The van der Waals surface area contributed by atoms with Gasteiger partial charge >= 0.3 is 0 Å². The average Bonchev–Trinajstić information content (AvgIpc) is 2.85. The minimum atomic E-state index is -0.358. The quantitative estimate of drug-likeness (QED) is 0.669. The monoisotopic (exact) mass is 329 g/mol. The summed E-state index contributed by atoms with van der Waals surface area (Å²) < 4.78 is 15.6. The van der Waals surface area contributed by atoms with Crippen molar-refractivity contribution in [2.75, 3.05) is 0 Å². The molecule has 0 aliphatic rings. The highest BCUT2D eigenvalue weighted by Gasteiger charge is 2.17. The molecule has 3 nitrogen and oxygen atoms in total. The van der Waals surface area contributed by atoms with Crippen molar-refractivity contribution < 1.29 is 4.39 Å². The number of nitrogens with zero attached hydrogens (tertiary/aromatic N) is 3. The summed E-state index contributed by atoms with van der Waals surface area (Å²) in [6.45, 7) is 0. The third-order valence-electron chi connectivity index (χ3n) is 3.09. The molecule has 0 saturated carbocycles. The molecule has 0 unspecified atom stereocenters. The third kappa shape index (κ3) is 1.98. The number of aromatic nitrogens is 2. The van der Waals surface area contributed by atoms with Crippen molar-refractivity contribution in [1.29, 1.82) is 5.26 Å². The summed E-state index contributed by atoms with van der Waals surface area (Å²) in [6, 6.07) is 12.2. The standard InChI is InChI=1S/C15H9BrFN3/c16-7-10-5-6-14-15(11-3-1-2-4-12(11)17)13(8-18)19-20(14)9-10/h1-6,9H,7H2. The zero-order valence-corrected chi connectivity index (χ0v) is 11.9. The van der Waals surface area contributed by atoms with Gasteiger partial charge in [0, 0.05) is 22.7 Å². The molecule has 2 aromatic heterocycles. The first-order valence-electron chi connectivity index (χ1n) is 5.97. The van der Waals surface area contributed by atoms with Crippen molar-refractivity contribution in [3.8, 4) is 17.2 Å². The fourth-order valence-electron chi connectivity index (χ4n) is 2.18. The van der Waals surface area contributed by atoms with Gasteiger partial charge in [-0.3, -0.25) is 0 Å². The number of fused-ring (bicyclic) bond motifs is 1. The Labute approximate surface area is 123 Å². The highest BCUT2D eigenvalue weighted by atomic mass is 79.9. The predicted octanol–water partition coefficient (Wildman–Crippen LogP) is 3.91. The van der Waals surface area contributed by atoms with Gasteiger partial charge in [-0.1, -0.05) is 40.2 Å². The lowest BCUT2D eigenvalue weighted by atomic mass is 10.0. The van der Waals surface area contributed by atoms with Gasteiger partial charge in [0.1, 0.15) is 11.9 Å². The second-order valence-corrected chi connectivity index (χ2v) is 4.88. The molecule has 20 heavy (non-hydrogen) atoms. The molecule has 0 fully saturated rings. The number of halogens is 2. The Kier molecular flexibility index (Phi) is 3.25. The summed E-state index contributed by atoms with van der Waals surface area (Å²) in [5.41, 5.74) is 2.90. The zero-order valence-electron chi connectivity index (χ0n) is 10.3. The van der Waals surface area contributed by atoms with E-state index >= 15 is 0 Å². The van der Waals surface area contributed by atoms with Crippen molar-refractivity contribution in [1.82, 2.24) is 9.61 Å². The smallest absolute Gasteiger partial charge is 0.171 e. The molecule has 3 aromatic rings. The van der Waals surface area contributed by atoms with Gasteiger partial charge in [0.25, 0.3) is 0 Å². The van der Waals surface area contributed by atoms with Crippen LogP contribution in [0.4, 0.5) is 4.39 Å². The van der Waals surface area contributed by atoms with Gasteiger partial charge in [-0.25, -0.2) is 8.91 Å². The Hall–Kier alpha value is -2.19. The maximum atomic E-state index is 14.0. The highest BCUT2D eigenvalue weighted by molar-refractivity contribution is 9.08. The molecule has 0 saturated heterocycles. The van der Waals surface area contributed by atoms with E-state index in [1.165, 1.54) is 6.07 Å². The Morgan fingerprint density at radius 1 is 1.25 bits per heavy atom. The molecule has 0 radical (unpaired) electrons. The fourth-order valence-corrected chi connectivity index (χ4v) is 2.51. The summed E-state index contributed by atoms with van der Waals surface area (Å²) in [6.07, 6.45) is 1.83. The number of benzene rings is 1. The SMILES string of the molecule is N#Cc1nn2cc(CBr)ccc2c1-c1ccccc1F. The lowest BCUT2D eigenvalue weighted by Crippen LogP contribution is -1.89. The maximum absolute atomic E-state index is 14.0. The normalized spacial score (nSPS) is 10.7. The van der Waals surface area contributed by atoms with E-state index in [-0.39, 0.29) is 11.5 Å². The lowest BCUT2D eigenvalue weighted by molar-refractivity contribution is 0.631. The van der Waals surface area contributed by atoms with Gasteiger partial charge in [-0.05, 0) is 17.7 Å². The molecule has 0 amide bonds. The van der Waals surface area contributed by atoms with Crippen molar-refractivity contribution in [2.45, 2.75) is 5.33 Å². The molecule has 5 heteroatoms. The number of rotatable bonds is 2. The zero-order chi connectivity index (χ0) is 14.1. The fraction of sp³-hybridized carbons (Fsp3) is 0.0667. The van der Waals surface area contributed by atoms with E-state index in [0.29, 0.717) is 16.5 Å². The number of hydrogen-bond donors (Lipinski definition) is 0. The van der Waals surface area contributed by atoms with Gasteiger partial charge in [-0.15, -0.1) is 0 Å². The Morgan fingerprint density at radius 3 is 2.75 bits per heavy atom. The molecule has 0 aliphatic carbocycles. The van der Waals surface area contributed by atoms with Gasteiger partial charge in [0.05, 0.1) is 5.52 Å². The van der Waals surface area contributed by atoms with Crippen LogP contribution in [0.15, 0.2) is 42.6 Å². The molecule has 0 spiro atoms. The summed E-state index contributed by atoms with van der Waals surface area (Å²) >= 11 is 3.38. The molecule has 2 heterocycles. The van der Waals surface area contributed by atoms with Gasteiger partial charge in [-0.2, -0.15) is 10.4 Å². The van der Waals surface area contributed by atoms with Crippen LogP contribution in [-0.4, -0.2) is 9.61 Å². The Morgan fingerprint density at radius 2 is 2.05 bits per heavy atom. The van der Waals surface area contributed by atoms with E-state index in [1.54, 1.807) is 22.7 Å². The summed E-state index contributed by atoms with van der Waals surface area (Å²) in [4.78, 5) is 0. The number of hydrogen-bond acceptors (Lipinski definition) is 2. The van der Waals surface area contributed by atoms with Crippen LogP contribution >= 0.6 is 15.9 Å². The molecule has 1 aromatic carbocycles. The number of alkyl halides is 1. The first-order chi connectivity index (χ1) is 9.74. The van der Waals surface area contributed by atoms with E-state index in [1.807, 2.05) is 24.4 Å². The third-order valence-corrected chi connectivity index (χ3v) is 3.74. The summed E-state index contributed by atoms with van der Waals surface area (Å²) in [5.74, 6) is -0.358. The maximum Gasteiger partial charge on any atom is 0.171 e. The van der Waals surface area contributed by atoms with Crippen LogP contribution in [0.1, 0.15) is 11.3 Å². The van der Waals surface area contributed by atoms with Crippen LogP contribution < -0.4 is 0 Å². The molecular weight excluding hydrogens is 321 g/mol. The van der Waals surface area contributed by atoms with Crippen LogP contribution in [0.25, 0.3) is 16.6 Å². The second-order valence-electron chi connectivity index (χ2n) is 4.32. The van der Waals surface area contributed by atoms with Crippen molar-refractivity contribution in [2.24, 2.45) is 0 Å². The summed E-state index contributed by atoms with van der Waals surface area (Å²) in [5, 5.41) is 14.2. The molecule has 0 N–H and O–H groups in total. The van der Waals surface area contributed by atoms with Gasteiger partial charge in [0.15, 0.2) is 5.69 Å². The first kappa shape index (κ1) is 12.8. The van der Waals surface area contributed by atoms with Crippen LogP contribution in [0, 0.1) is 17.1 Å². The minimum Gasteiger partial charge on any atom is -0.239 e. The van der Waals surface area contributed by atoms with E-state index in [4.69, 9.17) is 0 Å². The van der Waals surface area contributed by atoms with E-state index in [9.17, 15) is 9.65 Å². The van der Waals surface area contributed by atoms with E-state index < -0.39 is 0 Å². The van der Waals surface area contributed by atoms with Gasteiger partial charge < -0.3 is 0 Å².